The van der Waals surface area contributed by atoms with Crippen molar-refractivity contribution in [1.82, 2.24) is 25.1 Å². The summed E-state index contributed by atoms with van der Waals surface area (Å²) in [4.78, 5) is 22.6. The molecule has 0 unspecified atom stereocenters. The molecule has 1 fully saturated rings. The average molecular weight is 525 g/mol. The third-order valence-corrected chi connectivity index (χ3v) is 7.17. The second-order valence-electron chi connectivity index (χ2n) is 9.00. The first-order chi connectivity index (χ1) is 16.5. The molecule has 0 bridgehead atoms. The van der Waals surface area contributed by atoms with E-state index >= 15 is 0 Å². The molecule has 9 heteroatoms. The van der Waals surface area contributed by atoms with Crippen molar-refractivity contribution in [3.63, 3.8) is 0 Å². The SMILES string of the molecule is COc1cc(Br)ccc1Nc1ncc2c(n1)-c1c(c(C(=O)NC3CCCCC3)nn1C)CCC2. The van der Waals surface area contributed by atoms with Crippen molar-refractivity contribution < 1.29 is 9.53 Å². The normalized spacial score (nSPS) is 15.7. The Morgan fingerprint density at radius 2 is 2.00 bits per heavy atom. The predicted molar refractivity (Wildman–Crippen MR) is 135 cm³/mol. The standard InChI is InChI=1S/C25H29BrN6O2/c1-32-23-18(22(31-32)24(33)28-17-8-4-3-5-9-17)10-6-7-15-14-27-25(30-21(15)23)29-19-12-11-16(26)13-20(19)34-2/h11-14,17H,3-10H2,1-2H3,(H,28,33)(H,27,29,30). The maximum Gasteiger partial charge on any atom is 0.272 e. The Morgan fingerprint density at radius 3 is 2.79 bits per heavy atom. The van der Waals surface area contributed by atoms with Crippen LogP contribution in [0.1, 0.15) is 60.1 Å². The van der Waals surface area contributed by atoms with E-state index in [1.54, 1.807) is 11.8 Å². The minimum Gasteiger partial charge on any atom is -0.495 e. The topological polar surface area (TPSA) is 94.0 Å². The van der Waals surface area contributed by atoms with E-state index in [4.69, 9.17) is 9.72 Å². The molecule has 2 aliphatic carbocycles. The van der Waals surface area contributed by atoms with Gasteiger partial charge in [0.2, 0.25) is 5.95 Å². The van der Waals surface area contributed by atoms with Gasteiger partial charge in [0.25, 0.3) is 5.91 Å². The number of hydrogen-bond donors (Lipinski definition) is 2. The number of benzene rings is 1. The summed E-state index contributed by atoms with van der Waals surface area (Å²) in [6.07, 6.45) is 10.1. The molecule has 8 nitrogen and oxygen atoms in total. The van der Waals surface area contributed by atoms with E-state index in [0.29, 0.717) is 17.4 Å². The molecule has 0 atom stereocenters. The summed E-state index contributed by atoms with van der Waals surface area (Å²) in [5.41, 5.74) is 5.06. The zero-order valence-corrected chi connectivity index (χ0v) is 21.1. The number of nitrogens with zero attached hydrogens (tertiary/aromatic N) is 4. The predicted octanol–water partition coefficient (Wildman–Crippen LogP) is 4.94. The maximum absolute atomic E-state index is 13.2. The quantitative estimate of drug-likeness (QED) is 0.490. The van der Waals surface area contributed by atoms with Crippen LogP contribution in [0.15, 0.2) is 28.9 Å². The van der Waals surface area contributed by atoms with Gasteiger partial charge in [-0.1, -0.05) is 35.2 Å². The number of rotatable bonds is 5. The van der Waals surface area contributed by atoms with Gasteiger partial charge in [-0.25, -0.2) is 9.97 Å². The lowest BCUT2D eigenvalue weighted by atomic mass is 9.95. The van der Waals surface area contributed by atoms with Crippen molar-refractivity contribution in [1.29, 1.82) is 0 Å². The van der Waals surface area contributed by atoms with Crippen LogP contribution in [0.3, 0.4) is 0 Å². The highest BCUT2D eigenvalue weighted by atomic mass is 79.9. The molecule has 0 saturated heterocycles. The number of hydrogen-bond acceptors (Lipinski definition) is 6. The van der Waals surface area contributed by atoms with Crippen LogP contribution in [0, 0.1) is 0 Å². The van der Waals surface area contributed by atoms with Crippen molar-refractivity contribution in [3.05, 3.63) is 45.7 Å². The molecule has 3 aromatic rings. The van der Waals surface area contributed by atoms with E-state index in [0.717, 1.165) is 64.8 Å². The van der Waals surface area contributed by atoms with Crippen LogP contribution in [-0.4, -0.2) is 38.8 Å². The average Bonchev–Trinajstić information content (AvgIpc) is 3.05. The molecule has 34 heavy (non-hydrogen) atoms. The van der Waals surface area contributed by atoms with E-state index in [2.05, 4.69) is 36.6 Å². The second kappa shape index (κ2) is 9.74. The van der Waals surface area contributed by atoms with Crippen LogP contribution >= 0.6 is 15.9 Å². The number of fused-ring (bicyclic) bond motifs is 3. The van der Waals surface area contributed by atoms with Crippen molar-refractivity contribution in [2.24, 2.45) is 7.05 Å². The Balaban J connectivity index is 1.48. The fourth-order valence-electron chi connectivity index (χ4n) is 4.98. The number of aryl methyl sites for hydroxylation is 2. The van der Waals surface area contributed by atoms with Crippen LogP contribution < -0.4 is 15.4 Å². The summed E-state index contributed by atoms with van der Waals surface area (Å²) < 4.78 is 8.22. The van der Waals surface area contributed by atoms with Crippen molar-refractivity contribution >= 4 is 33.5 Å². The lowest BCUT2D eigenvalue weighted by Crippen LogP contribution is -2.36. The van der Waals surface area contributed by atoms with Gasteiger partial charge in [0.15, 0.2) is 5.69 Å². The van der Waals surface area contributed by atoms with Crippen LogP contribution in [0.2, 0.25) is 0 Å². The number of carbonyl (C=O) groups excluding carboxylic acids is 1. The number of anilines is 2. The van der Waals surface area contributed by atoms with E-state index in [1.165, 1.54) is 19.3 Å². The van der Waals surface area contributed by atoms with Crippen LogP contribution in [0.25, 0.3) is 11.4 Å². The fraction of sp³-hybridized carbons (Fsp3) is 0.440. The molecule has 1 saturated carbocycles. The molecule has 0 spiro atoms. The third kappa shape index (κ3) is 4.53. The first kappa shape index (κ1) is 22.8. The Kier molecular flexibility index (Phi) is 6.54. The number of aromatic nitrogens is 4. The summed E-state index contributed by atoms with van der Waals surface area (Å²) in [6, 6.07) is 5.99. The van der Waals surface area contributed by atoms with Gasteiger partial charge in [0, 0.05) is 29.3 Å². The van der Waals surface area contributed by atoms with Crippen LogP contribution in [0.4, 0.5) is 11.6 Å². The molecule has 2 aliphatic rings. The summed E-state index contributed by atoms with van der Waals surface area (Å²) >= 11 is 3.47. The second-order valence-corrected chi connectivity index (χ2v) is 9.91. The van der Waals surface area contributed by atoms with Gasteiger partial charge in [0.1, 0.15) is 5.75 Å². The first-order valence-corrected chi connectivity index (χ1v) is 12.7. The molecule has 0 aliphatic heterocycles. The number of nitrogens with one attached hydrogen (secondary N) is 2. The molecular weight excluding hydrogens is 496 g/mol. The minimum atomic E-state index is -0.0702. The smallest absolute Gasteiger partial charge is 0.272 e. The van der Waals surface area contributed by atoms with Gasteiger partial charge < -0.3 is 15.4 Å². The Bertz CT molecular complexity index is 1220. The highest BCUT2D eigenvalue weighted by Gasteiger charge is 2.28. The molecular formula is C25H29BrN6O2. The number of carbonyl (C=O) groups is 1. The number of ether oxygens (including phenoxy) is 1. The fourth-order valence-corrected chi connectivity index (χ4v) is 5.32. The minimum absolute atomic E-state index is 0.0702. The van der Waals surface area contributed by atoms with Gasteiger partial charge in [-0.2, -0.15) is 5.10 Å². The Labute approximate surface area is 207 Å². The van der Waals surface area contributed by atoms with E-state index in [1.807, 2.05) is 31.4 Å². The zero-order chi connectivity index (χ0) is 23.7. The summed E-state index contributed by atoms with van der Waals surface area (Å²) in [6.45, 7) is 0. The molecule has 5 rings (SSSR count). The Hall–Kier alpha value is -2.94. The lowest BCUT2D eigenvalue weighted by Gasteiger charge is -2.22. The van der Waals surface area contributed by atoms with E-state index < -0.39 is 0 Å². The molecule has 1 aromatic carbocycles. The van der Waals surface area contributed by atoms with Crippen molar-refractivity contribution in [2.75, 3.05) is 12.4 Å². The van der Waals surface area contributed by atoms with Gasteiger partial charge >= 0.3 is 0 Å². The highest BCUT2D eigenvalue weighted by Crippen LogP contribution is 2.35. The van der Waals surface area contributed by atoms with Crippen LogP contribution in [0.5, 0.6) is 5.75 Å². The van der Waals surface area contributed by atoms with Crippen molar-refractivity contribution in [2.45, 2.75) is 57.4 Å². The third-order valence-electron chi connectivity index (χ3n) is 6.67. The zero-order valence-electron chi connectivity index (χ0n) is 19.5. The van der Waals surface area contributed by atoms with E-state index in [-0.39, 0.29) is 11.9 Å². The maximum atomic E-state index is 13.2. The van der Waals surface area contributed by atoms with Crippen LogP contribution in [-0.2, 0) is 19.9 Å². The molecule has 178 valence electrons. The van der Waals surface area contributed by atoms with Gasteiger partial charge in [-0.3, -0.25) is 9.48 Å². The Morgan fingerprint density at radius 1 is 1.18 bits per heavy atom. The van der Waals surface area contributed by atoms with E-state index in [9.17, 15) is 4.79 Å². The summed E-state index contributed by atoms with van der Waals surface area (Å²) in [7, 11) is 3.52. The van der Waals surface area contributed by atoms with Crippen molar-refractivity contribution in [3.8, 4) is 17.1 Å². The monoisotopic (exact) mass is 524 g/mol. The number of methoxy groups -OCH3 is 1. The summed E-state index contributed by atoms with van der Waals surface area (Å²) in [5.74, 6) is 1.09. The summed E-state index contributed by atoms with van der Waals surface area (Å²) in [5, 5.41) is 11.2. The van der Waals surface area contributed by atoms with Gasteiger partial charge in [0.05, 0.1) is 24.2 Å². The highest BCUT2D eigenvalue weighted by molar-refractivity contribution is 9.10. The first-order valence-electron chi connectivity index (χ1n) is 11.9. The number of halogens is 1. The molecule has 2 heterocycles. The van der Waals surface area contributed by atoms with Gasteiger partial charge in [-0.05, 0) is 55.9 Å². The molecule has 0 radical (unpaired) electrons. The lowest BCUT2D eigenvalue weighted by molar-refractivity contribution is 0.0921. The molecule has 2 N–H and O–H groups in total. The van der Waals surface area contributed by atoms with Gasteiger partial charge in [-0.15, -0.1) is 0 Å². The number of amides is 1. The molecule has 2 aromatic heterocycles. The molecule has 1 amide bonds. The largest absolute Gasteiger partial charge is 0.495 e.